The van der Waals surface area contributed by atoms with Crippen molar-refractivity contribution in [1.82, 2.24) is 9.80 Å². The van der Waals surface area contributed by atoms with Gasteiger partial charge >= 0.3 is 5.97 Å². The van der Waals surface area contributed by atoms with E-state index in [0.29, 0.717) is 56.0 Å². The Morgan fingerprint density at radius 3 is 2.11 bits per heavy atom. The first kappa shape index (κ1) is 20.0. The lowest BCUT2D eigenvalue weighted by Crippen LogP contribution is -2.47. The summed E-state index contributed by atoms with van der Waals surface area (Å²) in [7, 11) is 3.06. The van der Waals surface area contributed by atoms with Gasteiger partial charge in [0.1, 0.15) is 17.5 Å². The molecule has 0 spiro atoms. The average molecular weight is 390 g/mol. The number of carboxylic acids is 1. The highest BCUT2D eigenvalue weighted by atomic mass is 16.5. The highest BCUT2D eigenvalue weighted by Crippen LogP contribution is 2.28. The van der Waals surface area contributed by atoms with Crippen molar-refractivity contribution in [3.63, 3.8) is 0 Å². The van der Waals surface area contributed by atoms with Gasteiger partial charge in [-0.1, -0.05) is 0 Å². The normalized spacial score (nSPS) is 20.1. The Morgan fingerprint density at radius 1 is 0.964 bits per heavy atom. The van der Waals surface area contributed by atoms with E-state index in [1.165, 1.54) is 19.1 Å². The zero-order chi connectivity index (χ0) is 20.3. The number of benzene rings is 1. The minimum Gasteiger partial charge on any atom is -0.497 e. The van der Waals surface area contributed by atoms with Crippen molar-refractivity contribution in [3.05, 3.63) is 23.8 Å². The number of rotatable bonds is 5. The van der Waals surface area contributed by atoms with Crippen LogP contribution < -0.4 is 9.47 Å². The van der Waals surface area contributed by atoms with E-state index < -0.39 is 12.0 Å². The zero-order valence-corrected chi connectivity index (χ0v) is 16.2. The van der Waals surface area contributed by atoms with E-state index in [-0.39, 0.29) is 17.7 Å². The van der Waals surface area contributed by atoms with E-state index in [0.717, 1.165) is 6.42 Å². The van der Waals surface area contributed by atoms with Crippen LogP contribution in [-0.2, 0) is 9.59 Å². The maximum atomic E-state index is 12.9. The number of nitrogens with zero attached hydrogens (tertiary/aromatic N) is 2. The molecule has 0 aliphatic carbocycles. The molecule has 2 saturated heterocycles. The van der Waals surface area contributed by atoms with Crippen LogP contribution in [-0.4, -0.2) is 72.6 Å². The second-order valence-electron chi connectivity index (χ2n) is 7.20. The van der Waals surface area contributed by atoms with E-state index in [1.54, 1.807) is 23.1 Å². The van der Waals surface area contributed by atoms with E-state index in [2.05, 4.69) is 0 Å². The highest BCUT2D eigenvalue weighted by Gasteiger charge is 2.38. The molecule has 8 nitrogen and oxygen atoms in total. The van der Waals surface area contributed by atoms with Crippen LogP contribution in [0.1, 0.15) is 36.0 Å². The van der Waals surface area contributed by atoms with Crippen molar-refractivity contribution >= 4 is 17.8 Å². The summed E-state index contributed by atoms with van der Waals surface area (Å²) in [6.45, 7) is 1.42. The van der Waals surface area contributed by atoms with Gasteiger partial charge < -0.3 is 24.4 Å². The van der Waals surface area contributed by atoms with E-state index in [1.807, 2.05) is 0 Å². The summed E-state index contributed by atoms with van der Waals surface area (Å²) in [5.74, 6) is -0.315. The standard InChI is InChI=1S/C20H26N2O6/c1-27-15-10-14(11-16(12-15)28-2)18(23)21-8-5-13(6-9-21)19(24)22-7-3-4-17(22)20(25)26/h10-13,17H,3-9H2,1-2H3,(H,25,26)/t17-/m0/s1. The van der Waals surface area contributed by atoms with Crippen LogP contribution in [0.3, 0.4) is 0 Å². The van der Waals surface area contributed by atoms with Gasteiger partial charge in [0.25, 0.3) is 5.91 Å². The molecule has 1 aromatic carbocycles. The molecule has 2 aliphatic heterocycles. The van der Waals surface area contributed by atoms with Crippen molar-refractivity contribution < 1.29 is 29.0 Å². The molecule has 8 heteroatoms. The van der Waals surface area contributed by atoms with Gasteiger partial charge in [-0.2, -0.15) is 0 Å². The third-order valence-corrected chi connectivity index (χ3v) is 5.55. The Balaban J connectivity index is 1.63. The number of piperidine rings is 1. The summed E-state index contributed by atoms with van der Waals surface area (Å²) >= 11 is 0. The molecule has 3 rings (SSSR count). The Morgan fingerprint density at radius 2 is 1.57 bits per heavy atom. The van der Waals surface area contributed by atoms with Gasteiger partial charge in [0, 0.05) is 37.2 Å². The van der Waals surface area contributed by atoms with Crippen molar-refractivity contribution in [1.29, 1.82) is 0 Å². The highest BCUT2D eigenvalue weighted by molar-refractivity contribution is 5.95. The van der Waals surface area contributed by atoms with Gasteiger partial charge in [-0.15, -0.1) is 0 Å². The first-order valence-electron chi connectivity index (χ1n) is 9.50. The third-order valence-electron chi connectivity index (χ3n) is 5.55. The van der Waals surface area contributed by atoms with Crippen LogP contribution in [0.2, 0.25) is 0 Å². The second-order valence-corrected chi connectivity index (χ2v) is 7.20. The van der Waals surface area contributed by atoms with Crippen LogP contribution in [0.25, 0.3) is 0 Å². The number of ether oxygens (including phenoxy) is 2. The first-order valence-corrected chi connectivity index (χ1v) is 9.50. The number of methoxy groups -OCH3 is 2. The minimum absolute atomic E-state index is 0.0972. The number of carboxylic acid groups (broad SMARTS) is 1. The summed E-state index contributed by atoms with van der Waals surface area (Å²) in [4.78, 5) is 40.2. The summed E-state index contributed by atoms with van der Waals surface area (Å²) in [6.07, 6.45) is 2.30. The lowest BCUT2D eigenvalue weighted by atomic mass is 9.94. The van der Waals surface area contributed by atoms with Crippen LogP contribution >= 0.6 is 0 Å². The molecule has 2 amide bonds. The molecule has 152 valence electrons. The molecule has 1 aromatic rings. The lowest BCUT2D eigenvalue weighted by Gasteiger charge is -2.34. The van der Waals surface area contributed by atoms with Crippen LogP contribution in [0.15, 0.2) is 18.2 Å². The number of amides is 2. The fourth-order valence-corrected chi connectivity index (χ4v) is 3.96. The van der Waals surface area contributed by atoms with Crippen LogP contribution in [0, 0.1) is 5.92 Å². The molecule has 1 N–H and O–H groups in total. The summed E-state index contributed by atoms with van der Waals surface area (Å²) in [6, 6.07) is 4.33. The molecule has 0 radical (unpaired) electrons. The molecule has 1 atom stereocenters. The summed E-state index contributed by atoms with van der Waals surface area (Å²) in [5.41, 5.74) is 0.478. The fraction of sp³-hybridized carbons (Fsp3) is 0.550. The Kier molecular flexibility index (Phi) is 6.06. The number of likely N-dealkylation sites (tertiary alicyclic amines) is 2. The predicted molar refractivity (Wildman–Crippen MR) is 101 cm³/mol. The Labute approximate surface area is 164 Å². The zero-order valence-electron chi connectivity index (χ0n) is 16.2. The topological polar surface area (TPSA) is 96.4 Å². The predicted octanol–water partition coefficient (Wildman–Crippen LogP) is 1.63. The van der Waals surface area contributed by atoms with Crippen molar-refractivity contribution in [2.45, 2.75) is 31.7 Å². The van der Waals surface area contributed by atoms with E-state index in [9.17, 15) is 19.5 Å². The Bertz CT molecular complexity index is 735. The van der Waals surface area contributed by atoms with Crippen LogP contribution in [0.4, 0.5) is 0 Å². The molecule has 2 heterocycles. The van der Waals surface area contributed by atoms with Crippen molar-refractivity contribution in [3.8, 4) is 11.5 Å². The quantitative estimate of drug-likeness (QED) is 0.821. The van der Waals surface area contributed by atoms with Crippen LogP contribution in [0.5, 0.6) is 11.5 Å². The second kappa shape index (κ2) is 8.50. The van der Waals surface area contributed by atoms with Gasteiger partial charge in [-0.05, 0) is 37.8 Å². The average Bonchev–Trinajstić information content (AvgIpc) is 3.22. The summed E-state index contributed by atoms with van der Waals surface area (Å²) < 4.78 is 10.4. The first-order chi connectivity index (χ1) is 13.4. The lowest BCUT2D eigenvalue weighted by molar-refractivity contribution is -0.150. The number of carbonyl (C=O) groups is 3. The minimum atomic E-state index is -0.939. The number of hydrogen-bond donors (Lipinski definition) is 1. The van der Waals surface area contributed by atoms with Gasteiger partial charge in [0.15, 0.2) is 0 Å². The molecule has 0 aromatic heterocycles. The summed E-state index contributed by atoms with van der Waals surface area (Å²) in [5, 5.41) is 9.29. The molecular weight excluding hydrogens is 364 g/mol. The number of hydrogen-bond acceptors (Lipinski definition) is 5. The molecule has 0 unspecified atom stereocenters. The van der Waals surface area contributed by atoms with Gasteiger partial charge in [0.2, 0.25) is 5.91 Å². The maximum absolute atomic E-state index is 12.9. The maximum Gasteiger partial charge on any atom is 0.326 e. The van der Waals surface area contributed by atoms with Crippen molar-refractivity contribution in [2.24, 2.45) is 5.92 Å². The molecule has 2 fully saturated rings. The number of carbonyl (C=O) groups excluding carboxylic acids is 2. The monoisotopic (exact) mass is 390 g/mol. The van der Waals surface area contributed by atoms with Crippen molar-refractivity contribution in [2.75, 3.05) is 33.9 Å². The Hall–Kier alpha value is -2.77. The SMILES string of the molecule is COc1cc(OC)cc(C(=O)N2CCC(C(=O)N3CCC[C@H]3C(=O)O)CC2)c1. The largest absolute Gasteiger partial charge is 0.497 e. The third kappa shape index (κ3) is 4.05. The molecule has 28 heavy (non-hydrogen) atoms. The van der Waals surface area contributed by atoms with E-state index in [4.69, 9.17) is 9.47 Å². The van der Waals surface area contributed by atoms with Gasteiger partial charge in [-0.3, -0.25) is 9.59 Å². The fourth-order valence-electron chi connectivity index (χ4n) is 3.96. The van der Waals surface area contributed by atoms with Gasteiger partial charge in [-0.25, -0.2) is 4.79 Å². The number of aliphatic carboxylic acids is 1. The molecule has 2 aliphatic rings. The van der Waals surface area contributed by atoms with Gasteiger partial charge in [0.05, 0.1) is 14.2 Å². The molecule has 0 saturated carbocycles. The smallest absolute Gasteiger partial charge is 0.326 e. The van der Waals surface area contributed by atoms with E-state index >= 15 is 0 Å². The molecular formula is C20H26N2O6. The molecule has 0 bridgehead atoms.